The van der Waals surface area contributed by atoms with Crippen molar-refractivity contribution in [3.63, 3.8) is 0 Å². The zero-order chi connectivity index (χ0) is 10.0. The van der Waals surface area contributed by atoms with E-state index in [4.69, 9.17) is 0 Å². The molecule has 1 atom stereocenters. The van der Waals surface area contributed by atoms with E-state index in [-0.39, 0.29) is 10.9 Å². The Balaban J connectivity index is 3.20. The summed E-state index contributed by atoms with van der Waals surface area (Å²) < 4.78 is 26.3. The molecule has 0 amide bonds. The van der Waals surface area contributed by atoms with Crippen LogP contribution in [0, 0.1) is 18.6 Å². The van der Waals surface area contributed by atoms with Gasteiger partial charge < -0.3 is 5.11 Å². The summed E-state index contributed by atoms with van der Waals surface area (Å²) in [6.07, 6.45) is -1.14. The fourth-order valence-corrected chi connectivity index (χ4v) is 1.43. The number of rotatable bonds is 2. The Hall–Kier alpha value is -0.480. The van der Waals surface area contributed by atoms with Crippen LogP contribution in [-0.2, 0) is 0 Å². The Labute approximate surface area is 83.5 Å². The summed E-state index contributed by atoms with van der Waals surface area (Å²) in [6, 6.07) is 2.40. The largest absolute Gasteiger partial charge is 0.387 e. The molecule has 0 aromatic heterocycles. The molecule has 1 aromatic carbocycles. The van der Waals surface area contributed by atoms with E-state index in [0.29, 0.717) is 5.56 Å². The van der Waals surface area contributed by atoms with Crippen LogP contribution in [0.1, 0.15) is 17.2 Å². The zero-order valence-electron chi connectivity index (χ0n) is 7.02. The highest BCUT2D eigenvalue weighted by atomic mass is 79.9. The van der Waals surface area contributed by atoms with Gasteiger partial charge in [-0.2, -0.15) is 0 Å². The van der Waals surface area contributed by atoms with Crippen molar-refractivity contribution in [2.24, 2.45) is 0 Å². The molecule has 1 rings (SSSR count). The predicted molar refractivity (Wildman–Crippen MR) is 49.8 cm³/mol. The lowest BCUT2D eigenvalue weighted by atomic mass is 10.1. The fourth-order valence-electron chi connectivity index (χ4n) is 1.11. The van der Waals surface area contributed by atoms with Crippen molar-refractivity contribution in [2.75, 3.05) is 5.33 Å². The third-order valence-electron chi connectivity index (χ3n) is 1.70. The van der Waals surface area contributed by atoms with Crippen LogP contribution in [0.5, 0.6) is 0 Å². The van der Waals surface area contributed by atoms with Gasteiger partial charge in [0.05, 0.1) is 11.7 Å². The van der Waals surface area contributed by atoms with Gasteiger partial charge in [0, 0.05) is 5.33 Å². The monoisotopic (exact) mass is 250 g/mol. The van der Waals surface area contributed by atoms with Crippen LogP contribution in [0.2, 0.25) is 0 Å². The number of aliphatic hydroxyl groups excluding tert-OH is 1. The minimum atomic E-state index is -1.14. The molecule has 72 valence electrons. The molecule has 0 fully saturated rings. The van der Waals surface area contributed by atoms with Gasteiger partial charge in [-0.25, -0.2) is 8.78 Å². The molecule has 1 unspecified atom stereocenters. The van der Waals surface area contributed by atoms with Crippen LogP contribution in [0.3, 0.4) is 0 Å². The van der Waals surface area contributed by atoms with E-state index in [0.717, 1.165) is 0 Å². The van der Waals surface area contributed by atoms with Crippen molar-refractivity contribution < 1.29 is 13.9 Å². The molecule has 0 saturated carbocycles. The van der Waals surface area contributed by atoms with Crippen LogP contribution < -0.4 is 0 Å². The summed E-state index contributed by atoms with van der Waals surface area (Å²) in [5.74, 6) is -1.41. The van der Waals surface area contributed by atoms with Gasteiger partial charge in [0.25, 0.3) is 0 Å². The summed E-state index contributed by atoms with van der Waals surface area (Å²) >= 11 is 2.95. The molecular weight excluding hydrogens is 242 g/mol. The van der Waals surface area contributed by atoms with Crippen LogP contribution in [0.25, 0.3) is 0 Å². The molecule has 1 N–H and O–H groups in total. The normalized spacial score (nSPS) is 13.0. The highest BCUT2D eigenvalue weighted by molar-refractivity contribution is 9.09. The molecule has 13 heavy (non-hydrogen) atoms. The molecule has 4 heteroatoms. The molecule has 0 spiro atoms. The highest BCUT2D eigenvalue weighted by Crippen LogP contribution is 2.23. The minimum absolute atomic E-state index is 0.115. The third-order valence-corrected chi connectivity index (χ3v) is 2.32. The maximum atomic E-state index is 13.1. The van der Waals surface area contributed by atoms with Crippen molar-refractivity contribution in [3.8, 4) is 0 Å². The number of hydrogen-bond donors (Lipinski definition) is 1. The first-order valence-electron chi connectivity index (χ1n) is 3.76. The Morgan fingerprint density at radius 2 is 1.85 bits per heavy atom. The van der Waals surface area contributed by atoms with Crippen molar-refractivity contribution in [1.29, 1.82) is 0 Å². The Morgan fingerprint density at radius 1 is 1.38 bits per heavy atom. The average Bonchev–Trinajstić information content (AvgIpc) is 2.02. The molecule has 1 nitrogen and oxygen atoms in total. The van der Waals surface area contributed by atoms with Crippen molar-refractivity contribution in [2.45, 2.75) is 13.0 Å². The Kier molecular flexibility index (Phi) is 3.39. The smallest absolute Gasteiger partial charge is 0.132 e. The maximum Gasteiger partial charge on any atom is 0.132 e. The summed E-state index contributed by atoms with van der Waals surface area (Å²) in [7, 11) is 0. The second-order valence-electron chi connectivity index (χ2n) is 2.81. The SMILES string of the molecule is Cc1cc(F)c(C(O)CBr)c(F)c1. The average molecular weight is 251 g/mol. The third kappa shape index (κ3) is 2.25. The summed E-state index contributed by atoms with van der Waals surface area (Å²) in [5.41, 5.74) is 0.225. The van der Waals surface area contributed by atoms with E-state index >= 15 is 0 Å². The van der Waals surface area contributed by atoms with Crippen LogP contribution in [0.4, 0.5) is 8.78 Å². The van der Waals surface area contributed by atoms with Gasteiger partial charge in [-0.3, -0.25) is 0 Å². The first kappa shape index (κ1) is 10.6. The van der Waals surface area contributed by atoms with Crippen LogP contribution in [0.15, 0.2) is 12.1 Å². The van der Waals surface area contributed by atoms with E-state index in [2.05, 4.69) is 15.9 Å². The lowest BCUT2D eigenvalue weighted by molar-refractivity contribution is 0.194. The van der Waals surface area contributed by atoms with Gasteiger partial charge in [-0.1, -0.05) is 15.9 Å². The number of aliphatic hydroxyl groups is 1. The van der Waals surface area contributed by atoms with Gasteiger partial charge in [0.2, 0.25) is 0 Å². The molecule has 0 aliphatic carbocycles. The van der Waals surface area contributed by atoms with Gasteiger partial charge in [0.15, 0.2) is 0 Å². The summed E-state index contributed by atoms with van der Waals surface area (Å²) in [5, 5.41) is 9.37. The lowest BCUT2D eigenvalue weighted by Gasteiger charge is -2.10. The molecule has 0 heterocycles. The Bertz CT molecular complexity index is 291. The quantitative estimate of drug-likeness (QED) is 0.801. The first-order chi connectivity index (χ1) is 6.06. The van der Waals surface area contributed by atoms with Crippen molar-refractivity contribution in [1.82, 2.24) is 0 Å². The number of halogens is 3. The second kappa shape index (κ2) is 4.15. The van der Waals surface area contributed by atoms with E-state index in [9.17, 15) is 13.9 Å². The standard InChI is InChI=1S/C9H9BrF2O/c1-5-2-6(11)9(7(12)3-5)8(13)4-10/h2-3,8,13H,4H2,1H3. The van der Waals surface area contributed by atoms with Crippen molar-refractivity contribution in [3.05, 3.63) is 34.9 Å². The molecule has 1 aromatic rings. The number of aryl methyl sites for hydroxylation is 1. The molecule has 0 radical (unpaired) electrons. The lowest BCUT2D eigenvalue weighted by Crippen LogP contribution is -2.05. The number of benzene rings is 1. The van der Waals surface area contributed by atoms with Gasteiger partial charge in [-0.05, 0) is 24.6 Å². The highest BCUT2D eigenvalue weighted by Gasteiger charge is 2.17. The van der Waals surface area contributed by atoms with E-state index in [1.807, 2.05) is 0 Å². The minimum Gasteiger partial charge on any atom is -0.387 e. The first-order valence-corrected chi connectivity index (χ1v) is 4.88. The van der Waals surface area contributed by atoms with Crippen molar-refractivity contribution >= 4 is 15.9 Å². The maximum absolute atomic E-state index is 13.1. The Morgan fingerprint density at radius 3 is 2.23 bits per heavy atom. The summed E-state index contributed by atoms with van der Waals surface area (Å²) in [6.45, 7) is 1.59. The molecule has 0 aliphatic heterocycles. The van der Waals surface area contributed by atoms with E-state index < -0.39 is 17.7 Å². The predicted octanol–water partition coefficient (Wildman–Crippen LogP) is 2.70. The summed E-state index contributed by atoms with van der Waals surface area (Å²) in [4.78, 5) is 0. The fraction of sp³-hybridized carbons (Fsp3) is 0.333. The van der Waals surface area contributed by atoms with Gasteiger partial charge >= 0.3 is 0 Å². The molecular formula is C9H9BrF2O. The zero-order valence-corrected chi connectivity index (χ0v) is 8.61. The molecule has 0 aliphatic rings. The van der Waals surface area contributed by atoms with E-state index in [1.54, 1.807) is 6.92 Å². The topological polar surface area (TPSA) is 20.2 Å². The molecule has 0 saturated heterocycles. The second-order valence-corrected chi connectivity index (χ2v) is 3.46. The van der Waals surface area contributed by atoms with Crippen LogP contribution >= 0.6 is 15.9 Å². The van der Waals surface area contributed by atoms with Gasteiger partial charge in [-0.15, -0.1) is 0 Å². The van der Waals surface area contributed by atoms with E-state index in [1.165, 1.54) is 12.1 Å². The number of hydrogen-bond acceptors (Lipinski definition) is 1. The van der Waals surface area contributed by atoms with Gasteiger partial charge in [0.1, 0.15) is 11.6 Å². The number of alkyl halides is 1. The van der Waals surface area contributed by atoms with Crippen LogP contribution in [-0.4, -0.2) is 10.4 Å². The molecule has 0 bridgehead atoms.